The number of carboxylic acids is 1. The zero-order valence-corrected chi connectivity index (χ0v) is 15.1. The summed E-state index contributed by atoms with van der Waals surface area (Å²) in [4.78, 5) is 15.8. The van der Waals surface area contributed by atoms with E-state index in [0.29, 0.717) is 18.9 Å². The number of rotatable bonds is 4. The molecule has 0 aliphatic carbocycles. The van der Waals surface area contributed by atoms with Gasteiger partial charge in [0.05, 0.1) is 34.7 Å². The van der Waals surface area contributed by atoms with Gasteiger partial charge in [-0.15, -0.1) is 0 Å². The number of benzene rings is 2. The molecule has 2 aromatic carbocycles. The van der Waals surface area contributed by atoms with Crippen molar-refractivity contribution in [3.8, 4) is 5.69 Å². The first-order chi connectivity index (χ1) is 13.0. The van der Waals surface area contributed by atoms with Gasteiger partial charge in [-0.3, -0.25) is 4.57 Å². The van der Waals surface area contributed by atoms with Crippen LogP contribution in [0.2, 0.25) is 0 Å². The average Bonchev–Trinajstić information content (AvgIpc) is 3.12. The molecule has 0 saturated carbocycles. The first-order valence-electron chi connectivity index (χ1n) is 8.35. The molecule has 3 aromatic rings. The minimum atomic E-state index is -3.83. The Morgan fingerprint density at radius 3 is 2.59 bits per heavy atom. The number of hydrogen-bond acceptors (Lipinski definition) is 5. The minimum Gasteiger partial charge on any atom is -0.478 e. The molecule has 0 bridgehead atoms. The lowest BCUT2D eigenvalue weighted by Crippen LogP contribution is -2.40. The number of aromatic carboxylic acids is 1. The summed E-state index contributed by atoms with van der Waals surface area (Å²) in [7, 11) is -3.83. The summed E-state index contributed by atoms with van der Waals surface area (Å²) in [5, 5.41) is 9.47. The molecule has 0 atom stereocenters. The fourth-order valence-corrected chi connectivity index (χ4v) is 4.57. The van der Waals surface area contributed by atoms with Gasteiger partial charge in [0.15, 0.2) is 0 Å². The average molecular weight is 387 g/mol. The standard InChI is InChI=1S/C18H17N3O5S/c22-18(23)13-9-14(21-12-19-16-3-1-2-4-17(16)21)11-15(10-13)27(24,25)20-5-7-26-8-6-20/h1-4,9-12H,5-8H2,(H,22,23). The Hall–Kier alpha value is -2.75. The number of sulfonamides is 1. The van der Waals surface area contributed by atoms with Crippen molar-refractivity contribution in [2.45, 2.75) is 4.90 Å². The highest BCUT2D eigenvalue weighted by molar-refractivity contribution is 7.89. The molecule has 8 nitrogen and oxygen atoms in total. The third kappa shape index (κ3) is 3.20. The molecule has 4 rings (SSSR count). The second-order valence-electron chi connectivity index (χ2n) is 6.14. The van der Waals surface area contributed by atoms with Crippen LogP contribution in [-0.4, -0.2) is 59.7 Å². The van der Waals surface area contributed by atoms with E-state index >= 15 is 0 Å². The smallest absolute Gasteiger partial charge is 0.335 e. The molecule has 1 aliphatic rings. The summed E-state index contributed by atoms with van der Waals surface area (Å²) in [5.74, 6) is -1.19. The van der Waals surface area contributed by atoms with Gasteiger partial charge in [-0.25, -0.2) is 18.2 Å². The maximum absolute atomic E-state index is 13.0. The lowest BCUT2D eigenvalue weighted by molar-refractivity contribution is 0.0696. The van der Waals surface area contributed by atoms with E-state index in [0.717, 1.165) is 11.0 Å². The van der Waals surface area contributed by atoms with Crippen molar-refractivity contribution >= 4 is 27.0 Å². The van der Waals surface area contributed by atoms with Crippen LogP contribution in [0.5, 0.6) is 0 Å². The van der Waals surface area contributed by atoms with E-state index in [1.54, 1.807) is 10.9 Å². The molecule has 0 spiro atoms. The summed E-state index contributed by atoms with van der Waals surface area (Å²) < 4.78 is 34.2. The number of ether oxygens (including phenoxy) is 1. The molecule has 1 N–H and O–H groups in total. The number of hydrogen-bond donors (Lipinski definition) is 1. The number of nitrogens with zero attached hydrogens (tertiary/aromatic N) is 3. The number of fused-ring (bicyclic) bond motifs is 1. The SMILES string of the molecule is O=C(O)c1cc(-n2cnc3ccccc32)cc(S(=O)(=O)N2CCOCC2)c1. The van der Waals surface area contributed by atoms with Crippen LogP contribution in [0.15, 0.2) is 53.7 Å². The number of carboxylic acid groups (broad SMARTS) is 1. The van der Waals surface area contributed by atoms with Crippen LogP contribution >= 0.6 is 0 Å². The Bertz CT molecular complexity index is 1120. The van der Waals surface area contributed by atoms with Crippen LogP contribution in [0.4, 0.5) is 0 Å². The maximum Gasteiger partial charge on any atom is 0.335 e. The monoisotopic (exact) mass is 387 g/mol. The fraction of sp³-hybridized carbons (Fsp3) is 0.222. The van der Waals surface area contributed by atoms with Gasteiger partial charge in [0.2, 0.25) is 10.0 Å². The van der Waals surface area contributed by atoms with Crippen LogP contribution < -0.4 is 0 Å². The van der Waals surface area contributed by atoms with Crippen LogP contribution in [0.25, 0.3) is 16.7 Å². The van der Waals surface area contributed by atoms with Gasteiger partial charge >= 0.3 is 5.97 Å². The Labute approximate surface area is 155 Å². The van der Waals surface area contributed by atoms with Crippen molar-refractivity contribution in [2.75, 3.05) is 26.3 Å². The van der Waals surface area contributed by atoms with E-state index in [9.17, 15) is 18.3 Å². The van der Waals surface area contributed by atoms with Crippen molar-refractivity contribution in [3.05, 3.63) is 54.4 Å². The predicted molar refractivity (Wildman–Crippen MR) is 97.6 cm³/mol. The maximum atomic E-state index is 13.0. The molecule has 0 amide bonds. The lowest BCUT2D eigenvalue weighted by Gasteiger charge is -2.26. The van der Waals surface area contributed by atoms with Gasteiger partial charge in [0.1, 0.15) is 6.33 Å². The van der Waals surface area contributed by atoms with E-state index in [4.69, 9.17) is 4.74 Å². The number of carbonyl (C=O) groups is 1. The highest BCUT2D eigenvalue weighted by Crippen LogP contribution is 2.25. The molecule has 1 fully saturated rings. The first kappa shape index (κ1) is 17.7. The third-order valence-corrected chi connectivity index (χ3v) is 6.35. The molecule has 1 saturated heterocycles. The van der Waals surface area contributed by atoms with Crippen LogP contribution in [-0.2, 0) is 14.8 Å². The summed E-state index contributed by atoms with van der Waals surface area (Å²) in [6, 6.07) is 11.5. The first-order valence-corrected chi connectivity index (χ1v) is 9.79. The van der Waals surface area contributed by atoms with Crippen molar-refractivity contribution < 1.29 is 23.1 Å². The van der Waals surface area contributed by atoms with Gasteiger partial charge in [-0.05, 0) is 30.3 Å². The van der Waals surface area contributed by atoms with Crippen molar-refractivity contribution in [2.24, 2.45) is 0 Å². The Morgan fingerprint density at radius 1 is 1.11 bits per heavy atom. The van der Waals surface area contributed by atoms with Gasteiger partial charge in [0, 0.05) is 18.8 Å². The largest absolute Gasteiger partial charge is 0.478 e. The predicted octanol–water partition coefficient (Wildman–Crippen LogP) is 1.74. The number of imidazole rings is 1. The normalized spacial score (nSPS) is 15.9. The third-order valence-electron chi connectivity index (χ3n) is 4.48. The summed E-state index contributed by atoms with van der Waals surface area (Å²) in [5.41, 5.74) is 1.82. The molecule has 0 radical (unpaired) electrons. The van der Waals surface area contributed by atoms with E-state index in [1.165, 1.54) is 22.5 Å². The lowest BCUT2D eigenvalue weighted by atomic mass is 10.2. The van der Waals surface area contributed by atoms with Gasteiger partial charge in [-0.2, -0.15) is 4.31 Å². The Balaban J connectivity index is 1.87. The Kier molecular flexibility index (Phi) is 4.42. The van der Waals surface area contributed by atoms with E-state index in [1.807, 2.05) is 24.3 Å². The second kappa shape index (κ2) is 6.76. The summed E-state index contributed by atoms with van der Waals surface area (Å²) >= 11 is 0. The quantitative estimate of drug-likeness (QED) is 0.732. The number of para-hydroxylation sites is 2. The minimum absolute atomic E-state index is 0.0583. The molecule has 140 valence electrons. The highest BCUT2D eigenvalue weighted by Gasteiger charge is 2.28. The molecule has 9 heteroatoms. The summed E-state index contributed by atoms with van der Waals surface area (Å²) in [6.07, 6.45) is 1.55. The number of aromatic nitrogens is 2. The molecule has 1 aliphatic heterocycles. The van der Waals surface area contributed by atoms with Crippen molar-refractivity contribution in [3.63, 3.8) is 0 Å². The highest BCUT2D eigenvalue weighted by atomic mass is 32.2. The number of morpholine rings is 1. The Morgan fingerprint density at radius 2 is 1.85 bits per heavy atom. The van der Waals surface area contributed by atoms with E-state index in [-0.39, 0.29) is 23.5 Å². The molecular weight excluding hydrogens is 370 g/mol. The van der Waals surface area contributed by atoms with Crippen molar-refractivity contribution in [1.29, 1.82) is 0 Å². The van der Waals surface area contributed by atoms with Crippen LogP contribution in [0, 0.1) is 0 Å². The zero-order chi connectivity index (χ0) is 19.0. The van der Waals surface area contributed by atoms with Gasteiger partial charge in [0.25, 0.3) is 0 Å². The molecule has 2 heterocycles. The van der Waals surface area contributed by atoms with Crippen LogP contribution in [0.1, 0.15) is 10.4 Å². The summed E-state index contributed by atoms with van der Waals surface area (Å²) in [6.45, 7) is 1.11. The second-order valence-corrected chi connectivity index (χ2v) is 8.08. The van der Waals surface area contributed by atoms with Gasteiger partial charge in [-0.1, -0.05) is 12.1 Å². The topological polar surface area (TPSA) is 102 Å². The fourth-order valence-electron chi connectivity index (χ4n) is 3.10. The van der Waals surface area contributed by atoms with Gasteiger partial charge < -0.3 is 9.84 Å². The van der Waals surface area contributed by atoms with Crippen LogP contribution in [0.3, 0.4) is 0 Å². The molecular formula is C18H17N3O5S. The molecule has 27 heavy (non-hydrogen) atoms. The van der Waals surface area contributed by atoms with E-state index < -0.39 is 16.0 Å². The zero-order valence-electron chi connectivity index (χ0n) is 14.3. The molecule has 1 aromatic heterocycles. The van der Waals surface area contributed by atoms with E-state index in [2.05, 4.69) is 4.98 Å². The van der Waals surface area contributed by atoms with Crippen molar-refractivity contribution in [1.82, 2.24) is 13.9 Å². The molecule has 0 unspecified atom stereocenters.